The summed E-state index contributed by atoms with van der Waals surface area (Å²) >= 11 is 0. The summed E-state index contributed by atoms with van der Waals surface area (Å²) in [5, 5.41) is 0. The van der Waals surface area contributed by atoms with E-state index in [1.165, 1.54) is 16.7 Å². The Kier molecular flexibility index (Phi) is 2.15. The molecule has 2 N–H and O–H groups in total. The van der Waals surface area contributed by atoms with Gasteiger partial charge in [-0.3, -0.25) is 10.2 Å². The summed E-state index contributed by atoms with van der Waals surface area (Å²) in [5.41, 5.74) is 14.6. The molecule has 0 saturated carbocycles. The van der Waals surface area contributed by atoms with Crippen LogP contribution in [0.15, 0.2) is 69.6 Å². The molecule has 0 saturated heterocycles. The average molecular weight is 250 g/mol. The molecule has 4 rings (SSSR count). The molecule has 0 amide bonds. The maximum absolute atomic E-state index is 11.0. The molecule has 3 aliphatic carbocycles. The lowest BCUT2D eigenvalue weighted by Crippen LogP contribution is -2.24. The third-order valence-electron chi connectivity index (χ3n) is 4.00. The van der Waals surface area contributed by atoms with Gasteiger partial charge in [0, 0.05) is 23.3 Å². The van der Waals surface area contributed by atoms with Crippen LogP contribution in [0, 0.1) is 0 Å². The van der Waals surface area contributed by atoms with Crippen molar-refractivity contribution in [2.75, 3.05) is 0 Å². The molecule has 0 fully saturated rings. The Morgan fingerprint density at radius 3 is 3.05 bits per heavy atom. The van der Waals surface area contributed by atoms with E-state index in [4.69, 9.17) is 0 Å². The highest BCUT2D eigenvalue weighted by atomic mass is 16.1. The van der Waals surface area contributed by atoms with Gasteiger partial charge in [-0.15, -0.1) is 0 Å². The van der Waals surface area contributed by atoms with Crippen molar-refractivity contribution in [3.63, 3.8) is 0 Å². The van der Waals surface area contributed by atoms with Crippen molar-refractivity contribution in [2.24, 2.45) is 0 Å². The van der Waals surface area contributed by atoms with Crippen molar-refractivity contribution in [3.8, 4) is 0 Å². The second-order valence-electron chi connectivity index (χ2n) is 5.16. The van der Waals surface area contributed by atoms with Crippen molar-refractivity contribution in [3.05, 3.63) is 69.6 Å². The maximum Gasteiger partial charge on any atom is 0.146 e. The third kappa shape index (κ3) is 1.48. The zero-order valence-electron chi connectivity index (χ0n) is 10.5. The van der Waals surface area contributed by atoms with Crippen LogP contribution in [0.25, 0.3) is 0 Å². The second-order valence-corrected chi connectivity index (χ2v) is 5.16. The zero-order valence-corrected chi connectivity index (χ0v) is 10.5. The second kappa shape index (κ2) is 3.85. The Bertz CT molecular complexity index is 669. The molecule has 3 nitrogen and oxygen atoms in total. The number of rotatable bonds is 1. The van der Waals surface area contributed by atoms with Gasteiger partial charge in [-0.25, -0.2) is 0 Å². The number of carbonyl (C=O) groups is 1. The molecule has 0 unspecified atom stereocenters. The molecule has 19 heavy (non-hydrogen) atoms. The Morgan fingerprint density at radius 1 is 1.21 bits per heavy atom. The summed E-state index contributed by atoms with van der Waals surface area (Å²) in [6.45, 7) is 0. The first-order chi connectivity index (χ1) is 9.36. The molecule has 1 heterocycles. The number of fused-ring (bicyclic) bond motifs is 1. The number of hydrogen-bond acceptors (Lipinski definition) is 3. The minimum atomic E-state index is 0.680. The molecule has 0 radical (unpaired) electrons. The van der Waals surface area contributed by atoms with Gasteiger partial charge in [0.05, 0.1) is 5.70 Å². The van der Waals surface area contributed by atoms with E-state index in [0.29, 0.717) is 6.42 Å². The van der Waals surface area contributed by atoms with Crippen LogP contribution in [0.2, 0.25) is 0 Å². The summed E-state index contributed by atoms with van der Waals surface area (Å²) in [6.07, 6.45) is 14.5. The minimum absolute atomic E-state index is 0.680. The van der Waals surface area contributed by atoms with Crippen LogP contribution in [0.4, 0.5) is 0 Å². The summed E-state index contributed by atoms with van der Waals surface area (Å²) in [7, 11) is 0. The Labute approximate surface area is 111 Å². The average Bonchev–Trinajstić information content (AvgIpc) is 2.81. The molecule has 1 aliphatic heterocycles. The Hall–Kier alpha value is -2.29. The van der Waals surface area contributed by atoms with Gasteiger partial charge in [-0.2, -0.15) is 0 Å². The first-order valence-electron chi connectivity index (χ1n) is 6.60. The van der Waals surface area contributed by atoms with Crippen molar-refractivity contribution in [1.82, 2.24) is 10.9 Å². The lowest BCUT2D eigenvalue weighted by Gasteiger charge is -2.16. The highest BCUT2D eigenvalue weighted by molar-refractivity contribution is 5.80. The fourth-order valence-corrected chi connectivity index (χ4v) is 3.09. The smallest absolute Gasteiger partial charge is 0.146 e. The van der Waals surface area contributed by atoms with Gasteiger partial charge in [0.25, 0.3) is 0 Å². The highest BCUT2D eigenvalue weighted by Crippen LogP contribution is 2.40. The predicted octanol–water partition coefficient (Wildman–Crippen LogP) is 2.35. The molecular formula is C16H14N2O. The molecule has 0 aromatic rings. The highest BCUT2D eigenvalue weighted by Gasteiger charge is 2.30. The van der Waals surface area contributed by atoms with Crippen LogP contribution < -0.4 is 10.9 Å². The minimum Gasteiger partial charge on any atom is -0.304 e. The van der Waals surface area contributed by atoms with Gasteiger partial charge in [0.1, 0.15) is 6.29 Å². The Balaban J connectivity index is 1.96. The molecule has 94 valence electrons. The number of allylic oxidation sites excluding steroid dienone is 9. The number of aldehydes is 1. The molecule has 0 bridgehead atoms. The first-order valence-corrected chi connectivity index (χ1v) is 6.60. The molecule has 4 aliphatic rings. The molecule has 3 heteroatoms. The number of hydrazine groups is 1. The molecule has 0 spiro atoms. The predicted molar refractivity (Wildman–Crippen MR) is 73.6 cm³/mol. The normalized spacial score (nSPS) is 23.5. The van der Waals surface area contributed by atoms with Crippen molar-refractivity contribution in [1.29, 1.82) is 0 Å². The number of hydrogen-bond donors (Lipinski definition) is 2. The molecule has 0 atom stereocenters. The van der Waals surface area contributed by atoms with E-state index in [1.807, 2.05) is 6.08 Å². The van der Waals surface area contributed by atoms with E-state index in [0.717, 1.165) is 41.7 Å². The lowest BCUT2D eigenvalue weighted by atomic mass is 9.88. The molecule has 0 aromatic carbocycles. The third-order valence-corrected chi connectivity index (χ3v) is 4.00. The Morgan fingerprint density at radius 2 is 2.16 bits per heavy atom. The van der Waals surface area contributed by atoms with Crippen molar-refractivity contribution < 1.29 is 4.79 Å². The van der Waals surface area contributed by atoms with Crippen molar-refractivity contribution >= 4 is 6.29 Å². The van der Waals surface area contributed by atoms with Gasteiger partial charge in [-0.05, 0) is 35.6 Å². The van der Waals surface area contributed by atoms with Crippen molar-refractivity contribution in [2.45, 2.75) is 19.3 Å². The number of nitrogens with one attached hydrogen (secondary N) is 2. The van der Waals surface area contributed by atoms with E-state index in [9.17, 15) is 4.79 Å². The van der Waals surface area contributed by atoms with Crippen LogP contribution in [-0.4, -0.2) is 6.29 Å². The zero-order chi connectivity index (χ0) is 12.8. The van der Waals surface area contributed by atoms with E-state index >= 15 is 0 Å². The van der Waals surface area contributed by atoms with Crippen LogP contribution in [0.3, 0.4) is 0 Å². The van der Waals surface area contributed by atoms with Gasteiger partial charge in [0.15, 0.2) is 0 Å². The first kappa shape index (κ1) is 10.6. The fourth-order valence-electron chi connectivity index (χ4n) is 3.09. The van der Waals surface area contributed by atoms with Crippen LogP contribution >= 0.6 is 0 Å². The van der Waals surface area contributed by atoms with E-state index in [-0.39, 0.29) is 0 Å². The number of carbonyl (C=O) groups excluding carboxylic acids is 1. The molecular weight excluding hydrogens is 236 g/mol. The largest absolute Gasteiger partial charge is 0.304 e. The van der Waals surface area contributed by atoms with Gasteiger partial charge < -0.3 is 5.43 Å². The monoisotopic (exact) mass is 250 g/mol. The van der Waals surface area contributed by atoms with E-state index in [2.05, 4.69) is 35.2 Å². The topological polar surface area (TPSA) is 41.1 Å². The fraction of sp³-hybridized carbons (Fsp3) is 0.188. The quantitative estimate of drug-likeness (QED) is 0.702. The molecule has 0 aromatic heterocycles. The summed E-state index contributed by atoms with van der Waals surface area (Å²) < 4.78 is 0. The van der Waals surface area contributed by atoms with Gasteiger partial charge >= 0.3 is 0 Å². The van der Waals surface area contributed by atoms with E-state index < -0.39 is 0 Å². The standard InChI is InChI=1S/C16H14N2O/c19-9-10-7-12-6-5-11-3-1-2-4-13(11)16-15(12)14(8-10)17-18-16/h2,4-7,9,17-18H,1,3,8H2. The van der Waals surface area contributed by atoms with E-state index in [1.54, 1.807) is 0 Å². The van der Waals surface area contributed by atoms with Gasteiger partial charge in [0.2, 0.25) is 0 Å². The lowest BCUT2D eigenvalue weighted by molar-refractivity contribution is -0.105. The summed E-state index contributed by atoms with van der Waals surface area (Å²) in [4.78, 5) is 11.0. The SMILES string of the molecule is O=CC1=CC2=CC=C3CCC=CC3=C3NNC(=C23)C1. The van der Waals surface area contributed by atoms with Gasteiger partial charge in [-0.1, -0.05) is 24.3 Å². The maximum atomic E-state index is 11.0. The summed E-state index contributed by atoms with van der Waals surface area (Å²) in [6, 6.07) is 0. The van der Waals surface area contributed by atoms with Crippen LogP contribution in [-0.2, 0) is 4.79 Å². The van der Waals surface area contributed by atoms with Crippen LogP contribution in [0.1, 0.15) is 19.3 Å². The van der Waals surface area contributed by atoms with Crippen LogP contribution in [0.5, 0.6) is 0 Å². The summed E-state index contributed by atoms with van der Waals surface area (Å²) in [5.74, 6) is 0.